The summed E-state index contributed by atoms with van der Waals surface area (Å²) in [7, 11) is 0. The van der Waals surface area contributed by atoms with Gasteiger partial charge in [-0.15, -0.1) is 11.3 Å². The number of rotatable bonds is 5. The minimum atomic E-state index is -0.254. The highest BCUT2D eigenvalue weighted by molar-refractivity contribution is 7.15. The molecule has 0 radical (unpaired) electrons. The molecular formula is C18H19FN4S. The molecule has 4 nitrogen and oxygen atoms in total. The second kappa shape index (κ2) is 7.05. The van der Waals surface area contributed by atoms with Crippen molar-refractivity contribution in [2.75, 3.05) is 11.9 Å². The molecule has 24 heavy (non-hydrogen) atoms. The Morgan fingerprint density at radius 3 is 2.54 bits per heavy atom. The highest BCUT2D eigenvalue weighted by atomic mass is 32.1. The SMILES string of the molecule is CCNc1nccc(-c2sc(C(C)C)nc2-c2ccc(F)cc2)n1. The van der Waals surface area contributed by atoms with Gasteiger partial charge in [-0.05, 0) is 37.3 Å². The lowest BCUT2D eigenvalue weighted by Gasteiger charge is -2.05. The summed E-state index contributed by atoms with van der Waals surface area (Å²) in [6, 6.07) is 8.30. The summed E-state index contributed by atoms with van der Waals surface area (Å²) in [5, 5.41) is 4.16. The van der Waals surface area contributed by atoms with Crippen molar-refractivity contribution in [3.05, 3.63) is 47.4 Å². The molecule has 3 rings (SSSR count). The fourth-order valence-electron chi connectivity index (χ4n) is 2.29. The maximum Gasteiger partial charge on any atom is 0.223 e. The first-order valence-electron chi connectivity index (χ1n) is 7.92. The molecule has 2 aromatic heterocycles. The van der Waals surface area contributed by atoms with Gasteiger partial charge in [0.2, 0.25) is 5.95 Å². The third-order valence-corrected chi connectivity index (χ3v) is 4.86. The van der Waals surface area contributed by atoms with Gasteiger partial charge in [0.15, 0.2) is 0 Å². The van der Waals surface area contributed by atoms with Crippen LogP contribution in [0.15, 0.2) is 36.5 Å². The monoisotopic (exact) mass is 342 g/mol. The lowest BCUT2D eigenvalue weighted by molar-refractivity contribution is 0.628. The predicted molar refractivity (Wildman–Crippen MR) is 96.8 cm³/mol. The molecule has 124 valence electrons. The van der Waals surface area contributed by atoms with Gasteiger partial charge in [0.25, 0.3) is 0 Å². The van der Waals surface area contributed by atoms with E-state index < -0.39 is 0 Å². The molecule has 0 unspecified atom stereocenters. The van der Waals surface area contributed by atoms with Crippen molar-refractivity contribution in [3.63, 3.8) is 0 Å². The van der Waals surface area contributed by atoms with Crippen LogP contribution < -0.4 is 5.32 Å². The van der Waals surface area contributed by atoms with Crippen molar-refractivity contribution in [2.24, 2.45) is 0 Å². The van der Waals surface area contributed by atoms with E-state index in [4.69, 9.17) is 4.98 Å². The van der Waals surface area contributed by atoms with Gasteiger partial charge >= 0.3 is 0 Å². The standard InChI is InChI=1S/C18H19FN4S/c1-4-20-18-21-10-9-14(22-18)16-15(23-17(24-16)11(2)3)12-5-7-13(19)8-6-12/h5-11H,4H2,1-3H3,(H,20,21,22). The summed E-state index contributed by atoms with van der Waals surface area (Å²) in [6.45, 7) is 6.99. The molecule has 3 aromatic rings. The average molecular weight is 342 g/mol. The summed E-state index contributed by atoms with van der Waals surface area (Å²) >= 11 is 1.62. The van der Waals surface area contributed by atoms with Gasteiger partial charge in [-0.25, -0.2) is 19.3 Å². The minimum Gasteiger partial charge on any atom is -0.354 e. The number of aromatic nitrogens is 3. The zero-order valence-corrected chi connectivity index (χ0v) is 14.7. The van der Waals surface area contributed by atoms with Crippen LogP contribution in [0.25, 0.3) is 21.8 Å². The largest absolute Gasteiger partial charge is 0.354 e. The van der Waals surface area contributed by atoms with Crippen LogP contribution in [-0.2, 0) is 0 Å². The Balaban J connectivity index is 2.12. The van der Waals surface area contributed by atoms with E-state index in [1.807, 2.05) is 13.0 Å². The first kappa shape index (κ1) is 16.5. The zero-order chi connectivity index (χ0) is 17.1. The summed E-state index contributed by atoms with van der Waals surface area (Å²) < 4.78 is 13.3. The van der Waals surface area contributed by atoms with E-state index in [2.05, 4.69) is 29.1 Å². The Morgan fingerprint density at radius 1 is 1.12 bits per heavy atom. The Labute approximate surface area is 144 Å². The lowest BCUT2D eigenvalue weighted by atomic mass is 10.1. The number of thiazole rings is 1. The Kier molecular flexibility index (Phi) is 4.85. The third-order valence-electron chi connectivity index (χ3n) is 3.48. The Morgan fingerprint density at radius 2 is 1.88 bits per heavy atom. The smallest absolute Gasteiger partial charge is 0.223 e. The van der Waals surface area contributed by atoms with Gasteiger partial charge < -0.3 is 5.32 Å². The first-order valence-corrected chi connectivity index (χ1v) is 8.74. The molecule has 0 aliphatic heterocycles. The molecule has 0 amide bonds. The van der Waals surface area contributed by atoms with Crippen LogP contribution in [0.3, 0.4) is 0 Å². The zero-order valence-electron chi connectivity index (χ0n) is 13.9. The van der Waals surface area contributed by atoms with E-state index in [-0.39, 0.29) is 5.82 Å². The molecule has 6 heteroatoms. The molecule has 1 aromatic carbocycles. The molecule has 2 heterocycles. The minimum absolute atomic E-state index is 0.254. The second-order valence-corrected chi connectivity index (χ2v) is 6.72. The van der Waals surface area contributed by atoms with E-state index in [1.54, 1.807) is 29.7 Å². The summed E-state index contributed by atoms with van der Waals surface area (Å²) in [4.78, 5) is 14.6. The fourth-order valence-corrected chi connectivity index (χ4v) is 3.35. The molecule has 0 saturated carbocycles. The van der Waals surface area contributed by atoms with E-state index in [1.165, 1.54) is 12.1 Å². The van der Waals surface area contributed by atoms with Gasteiger partial charge in [0.05, 0.1) is 21.3 Å². The quantitative estimate of drug-likeness (QED) is 0.712. The van der Waals surface area contributed by atoms with Crippen molar-refractivity contribution in [3.8, 4) is 21.8 Å². The van der Waals surface area contributed by atoms with E-state index in [0.29, 0.717) is 11.9 Å². The fraction of sp³-hybridized carbons (Fsp3) is 0.278. The van der Waals surface area contributed by atoms with Crippen LogP contribution in [0, 0.1) is 5.82 Å². The molecule has 0 saturated heterocycles. The molecule has 0 aliphatic rings. The Bertz CT molecular complexity index is 827. The van der Waals surface area contributed by atoms with E-state index in [0.717, 1.165) is 33.4 Å². The number of benzene rings is 1. The average Bonchev–Trinajstić information content (AvgIpc) is 3.02. The van der Waals surface area contributed by atoms with Crippen molar-refractivity contribution < 1.29 is 4.39 Å². The number of hydrogen-bond acceptors (Lipinski definition) is 5. The van der Waals surface area contributed by atoms with E-state index >= 15 is 0 Å². The molecule has 0 atom stereocenters. The van der Waals surface area contributed by atoms with Crippen molar-refractivity contribution >= 4 is 17.3 Å². The van der Waals surface area contributed by atoms with Gasteiger partial charge in [0.1, 0.15) is 5.82 Å². The van der Waals surface area contributed by atoms with Gasteiger partial charge in [-0.3, -0.25) is 0 Å². The topological polar surface area (TPSA) is 50.7 Å². The van der Waals surface area contributed by atoms with Crippen LogP contribution in [0.2, 0.25) is 0 Å². The van der Waals surface area contributed by atoms with Gasteiger partial charge in [-0.2, -0.15) is 0 Å². The summed E-state index contributed by atoms with van der Waals surface area (Å²) in [5.41, 5.74) is 2.55. The maximum atomic E-state index is 13.3. The third kappa shape index (κ3) is 3.43. The second-order valence-electron chi connectivity index (χ2n) is 5.69. The highest BCUT2D eigenvalue weighted by Gasteiger charge is 2.18. The van der Waals surface area contributed by atoms with Crippen LogP contribution >= 0.6 is 11.3 Å². The van der Waals surface area contributed by atoms with E-state index in [9.17, 15) is 4.39 Å². The van der Waals surface area contributed by atoms with Crippen LogP contribution in [0.1, 0.15) is 31.7 Å². The highest BCUT2D eigenvalue weighted by Crippen LogP contribution is 2.38. The normalized spacial score (nSPS) is 11.0. The predicted octanol–water partition coefficient (Wildman–Crippen LogP) is 4.96. The van der Waals surface area contributed by atoms with Gasteiger partial charge in [-0.1, -0.05) is 13.8 Å². The first-order chi connectivity index (χ1) is 11.6. The van der Waals surface area contributed by atoms with Crippen molar-refractivity contribution in [2.45, 2.75) is 26.7 Å². The number of halogens is 1. The molecular weight excluding hydrogens is 323 g/mol. The van der Waals surface area contributed by atoms with Crippen molar-refractivity contribution in [1.29, 1.82) is 0 Å². The molecule has 1 N–H and O–H groups in total. The lowest BCUT2D eigenvalue weighted by Crippen LogP contribution is -2.02. The number of anilines is 1. The number of nitrogens with zero attached hydrogens (tertiary/aromatic N) is 3. The molecule has 0 bridgehead atoms. The maximum absolute atomic E-state index is 13.3. The molecule has 0 spiro atoms. The molecule has 0 fully saturated rings. The molecule has 0 aliphatic carbocycles. The number of nitrogens with one attached hydrogen (secondary N) is 1. The van der Waals surface area contributed by atoms with Gasteiger partial charge in [0, 0.05) is 24.2 Å². The Hall–Kier alpha value is -2.34. The van der Waals surface area contributed by atoms with Crippen LogP contribution in [0.4, 0.5) is 10.3 Å². The summed E-state index contributed by atoms with van der Waals surface area (Å²) in [6.07, 6.45) is 1.74. The van der Waals surface area contributed by atoms with Crippen molar-refractivity contribution in [1.82, 2.24) is 15.0 Å². The number of hydrogen-bond donors (Lipinski definition) is 1. The van der Waals surface area contributed by atoms with Crippen LogP contribution in [0.5, 0.6) is 0 Å². The van der Waals surface area contributed by atoms with Crippen LogP contribution in [-0.4, -0.2) is 21.5 Å². The summed E-state index contributed by atoms with van der Waals surface area (Å²) in [5.74, 6) is 0.661.